The predicted octanol–water partition coefficient (Wildman–Crippen LogP) is 2.41. The van der Waals surface area contributed by atoms with Gasteiger partial charge in [0.15, 0.2) is 11.6 Å². The van der Waals surface area contributed by atoms with Gasteiger partial charge in [-0.2, -0.15) is 4.68 Å². The third kappa shape index (κ3) is 2.50. The second kappa shape index (κ2) is 5.42. The van der Waals surface area contributed by atoms with E-state index >= 15 is 0 Å². The standard InChI is InChI=1S/C15H22N6/c1-5-11-17-12(6-2)21(20-11)15-9(3)13(16-4)18-14(19-15)10-7-8-10/h10H,5-8H2,1-4H3,(H,16,18,19). The minimum absolute atomic E-state index is 0.510. The van der Waals surface area contributed by atoms with Crippen LogP contribution >= 0.6 is 0 Å². The molecule has 0 amide bonds. The molecular weight excluding hydrogens is 264 g/mol. The Labute approximate surface area is 125 Å². The van der Waals surface area contributed by atoms with E-state index in [9.17, 15) is 0 Å². The Hall–Kier alpha value is -1.98. The van der Waals surface area contributed by atoms with Crippen LogP contribution < -0.4 is 5.32 Å². The average molecular weight is 286 g/mol. The van der Waals surface area contributed by atoms with Crippen LogP contribution in [-0.4, -0.2) is 31.8 Å². The van der Waals surface area contributed by atoms with E-state index in [0.717, 1.165) is 47.5 Å². The minimum Gasteiger partial charge on any atom is -0.373 e. The van der Waals surface area contributed by atoms with Crippen LogP contribution in [0.5, 0.6) is 0 Å². The summed E-state index contributed by atoms with van der Waals surface area (Å²) in [6, 6.07) is 0. The van der Waals surface area contributed by atoms with Gasteiger partial charge in [-0.25, -0.2) is 15.0 Å². The van der Waals surface area contributed by atoms with Gasteiger partial charge in [-0.15, -0.1) is 5.10 Å². The molecule has 0 unspecified atom stereocenters. The number of aryl methyl sites for hydroxylation is 2. The molecule has 0 atom stereocenters. The van der Waals surface area contributed by atoms with Gasteiger partial charge in [0.2, 0.25) is 0 Å². The number of rotatable bonds is 5. The van der Waals surface area contributed by atoms with Crippen LogP contribution in [0.2, 0.25) is 0 Å². The van der Waals surface area contributed by atoms with Crippen molar-refractivity contribution in [2.24, 2.45) is 0 Å². The van der Waals surface area contributed by atoms with Crippen molar-refractivity contribution in [1.29, 1.82) is 0 Å². The molecule has 6 heteroatoms. The lowest BCUT2D eigenvalue weighted by Gasteiger charge is -2.12. The van der Waals surface area contributed by atoms with Gasteiger partial charge in [0.05, 0.1) is 0 Å². The summed E-state index contributed by atoms with van der Waals surface area (Å²) in [4.78, 5) is 14.0. The molecule has 3 rings (SSSR count). The monoisotopic (exact) mass is 286 g/mol. The lowest BCUT2D eigenvalue weighted by molar-refractivity contribution is 0.746. The van der Waals surface area contributed by atoms with E-state index in [1.54, 1.807) is 0 Å². The number of nitrogens with zero attached hydrogens (tertiary/aromatic N) is 5. The number of hydrogen-bond donors (Lipinski definition) is 1. The first-order chi connectivity index (χ1) is 10.2. The van der Waals surface area contributed by atoms with E-state index in [1.165, 1.54) is 12.8 Å². The second-order valence-electron chi connectivity index (χ2n) is 5.47. The molecule has 0 spiro atoms. The van der Waals surface area contributed by atoms with Crippen LogP contribution in [0.1, 0.15) is 55.6 Å². The number of aromatic nitrogens is 5. The van der Waals surface area contributed by atoms with Crippen molar-refractivity contribution in [3.8, 4) is 5.82 Å². The van der Waals surface area contributed by atoms with E-state index in [1.807, 2.05) is 18.7 Å². The maximum Gasteiger partial charge on any atom is 0.164 e. The Bertz CT molecular complexity index is 656. The quantitative estimate of drug-likeness (QED) is 0.914. The summed E-state index contributed by atoms with van der Waals surface area (Å²) in [5.74, 6) is 5.00. The summed E-state index contributed by atoms with van der Waals surface area (Å²) < 4.78 is 1.89. The molecule has 0 bridgehead atoms. The zero-order valence-corrected chi connectivity index (χ0v) is 13.1. The third-order valence-corrected chi connectivity index (χ3v) is 3.87. The number of nitrogens with one attached hydrogen (secondary N) is 1. The Morgan fingerprint density at radius 3 is 2.48 bits per heavy atom. The molecule has 0 saturated heterocycles. The largest absolute Gasteiger partial charge is 0.373 e. The van der Waals surface area contributed by atoms with Crippen LogP contribution in [0, 0.1) is 6.92 Å². The van der Waals surface area contributed by atoms with Gasteiger partial charge in [-0.3, -0.25) is 0 Å². The van der Waals surface area contributed by atoms with Crippen LogP contribution in [0.3, 0.4) is 0 Å². The summed E-state index contributed by atoms with van der Waals surface area (Å²) in [6.07, 6.45) is 4.04. The lowest BCUT2D eigenvalue weighted by atomic mass is 10.2. The maximum absolute atomic E-state index is 4.78. The van der Waals surface area contributed by atoms with Gasteiger partial charge >= 0.3 is 0 Å². The summed E-state index contributed by atoms with van der Waals surface area (Å²) in [7, 11) is 1.90. The van der Waals surface area contributed by atoms with E-state index in [2.05, 4.69) is 34.2 Å². The number of anilines is 1. The van der Waals surface area contributed by atoms with Gasteiger partial charge in [0, 0.05) is 31.4 Å². The molecule has 6 nitrogen and oxygen atoms in total. The fourth-order valence-electron chi connectivity index (χ4n) is 2.44. The van der Waals surface area contributed by atoms with Crippen LogP contribution in [-0.2, 0) is 12.8 Å². The molecule has 112 valence electrons. The van der Waals surface area contributed by atoms with E-state index in [0.29, 0.717) is 5.92 Å². The molecule has 2 aromatic heterocycles. The summed E-state index contributed by atoms with van der Waals surface area (Å²) in [6.45, 7) is 6.20. The van der Waals surface area contributed by atoms with Crippen molar-refractivity contribution in [3.63, 3.8) is 0 Å². The molecule has 1 fully saturated rings. The molecular formula is C15H22N6. The van der Waals surface area contributed by atoms with E-state index in [-0.39, 0.29) is 0 Å². The zero-order valence-electron chi connectivity index (χ0n) is 13.1. The van der Waals surface area contributed by atoms with Crippen LogP contribution in [0.15, 0.2) is 0 Å². The Morgan fingerprint density at radius 1 is 1.14 bits per heavy atom. The van der Waals surface area contributed by atoms with Gasteiger partial charge in [0.25, 0.3) is 0 Å². The first-order valence-corrected chi connectivity index (χ1v) is 7.69. The highest BCUT2D eigenvalue weighted by atomic mass is 15.4. The molecule has 1 aliphatic carbocycles. The first-order valence-electron chi connectivity index (χ1n) is 7.69. The topological polar surface area (TPSA) is 68.5 Å². The molecule has 2 aromatic rings. The van der Waals surface area contributed by atoms with Crippen LogP contribution in [0.4, 0.5) is 5.82 Å². The third-order valence-electron chi connectivity index (χ3n) is 3.87. The van der Waals surface area contributed by atoms with Gasteiger partial charge in [-0.1, -0.05) is 13.8 Å². The van der Waals surface area contributed by atoms with Crippen molar-refractivity contribution in [2.75, 3.05) is 12.4 Å². The van der Waals surface area contributed by atoms with Crippen molar-refractivity contribution >= 4 is 5.82 Å². The Morgan fingerprint density at radius 2 is 1.90 bits per heavy atom. The molecule has 21 heavy (non-hydrogen) atoms. The highest BCUT2D eigenvalue weighted by Crippen LogP contribution is 2.39. The molecule has 2 heterocycles. The highest BCUT2D eigenvalue weighted by molar-refractivity contribution is 5.51. The summed E-state index contributed by atoms with van der Waals surface area (Å²) in [5.41, 5.74) is 1.02. The van der Waals surface area contributed by atoms with Crippen molar-refractivity contribution in [1.82, 2.24) is 24.7 Å². The smallest absolute Gasteiger partial charge is 0.164 e. The fraction of sp³-hybridized carbons (Fsp3) is 0.600. The number of hydrogen-bond acceptors (Lipinski definition) is 5. The maximum atomic E-state index is 4.78. The summed E-state index contributed by atoms with van der Waals surface area (Å²) in [5, 5.41) is 7.79. The van der Waals surface area contributed by atoms with Crippen molar-refractivity contribution in [2.45, 2.75) is 52.4 Å². The Balaban J connectivity index is 2.16. The normalized spacial score (nSPS) is 14.5. The van der Waals surface area contributed by atoms with E-state index in [4.69, 9.17) is 4.98 Å². The van der Waals surface area contributed by atoms with E-state index < -0.39 is 0 Å². The Kier molecular flexibility index (Phi) is 3.61. The van der Waals surface area contributed by atoms with Crippen LogP contribution in [0.25, 0.3) is 5.82 Å². The lowest BCUT2D eigenvalue weighted by Crippen LogP contribution is -2.12. The highest BCUT2D eigenvalue weighted by Gasteiger charge is 2.29. The SMILES string of the molecule is CCc1nc(CC)n(-c2nc(C3CC3)nc(NC)c2C)n1. The molecule has 0 radical (unpaired) electrons. The summed E-state index contributed by atoms with van der Waals surface area (Å²) >= 11 is 0. The van der Waals surface area contributed by atoms with Gasteiger partial charge in [-0.05, 0) is 19.8 Å². The average Bonchev–Trinajstić information content (AvgIpc) is 3.27. The second-order valence-corrected chi connectivity index (χ2v) is 5.47. The fourth-order valence-corrected chi connectivity index (χ4v) is 2.44. The minimum atomic E-state index is 0.510. The predicted molar refractivity (Wildman–Crippen MR) is 82.0 cm³/mol. The zero-order chi connectivity index (χ0) is 15.0. The molecule has 0 aliphatic heterocycles. The van der Waals surface area contributed by atoms with Gasteiger partial charge < -0.3 is 5.32 Å². The van der Waals surface area contributed by atoms with Crippen molar-refractivity contribution < 1.29 is 0 Å². The van der Waals surface area contributed by atoms with Gasteiger partial charge in [0.1, 0.15) is 17.5 Å². The van der Waals surface area contributed by atoms with Crippen molar-refractivity contribution in [3.05, 3.63) is 23.0 Å². The molecule has 1 aliphatic rings. The first kappa shape index (κ1) is 14.0. The molecule has 1 saturated carbocycles. The molecule has 1 N–H and O–H groups in total. The molecule has 0 aromatic carbocycles.